The van der Waals surface area contributed by atoms with Gasteiger partial charge in [-0.05, 0) is 44.0 Å². The van der Waals surface area contributed by atoms with Crippen LogP contribution in [0, 0.1) is 17.6 Å². The maximum Gasteiger partial charge on any atom is 0.238 e. The summed E-state index contributed by atoms with van der Waals surface area (Å²) in [7, 11) is 0. The molecule has 1 amide bonds. The number of anilines is 1. The number of carbonyl (C=O) groups is 1. The fourth-order valence-electron chi connectivity index (χ4n) is 3.56. The van der Waals surface area contributed by atoms with E-state index in [0.29, 0.717) is 11.8 Å². The molecule has 146 valence electrons. The van der Waals surface area contributed by atoms with E-state index in [0.717, 1.165) is 50.4 Å². The first-order chi connectivity index (χ1) is 12.9. The lowest BCUT2D eigenvalue weighted by Gasteiger charge is -2.32. The van der Waals surface area contributed by atoms with Crippen molar-refractivity contribution >= 4 is 11.6 Å². The zero-order valence-corrected chi connectivity index (χ0v) is 15.8. The molecule has 2 heterocycles. The quantitative estimate of drug-likeness (QED) is 0.838. The summed E-state index contributed by atoms with van der Waals surface area (Å²) in [4.78, 5) is 18.7. The Morgan fingerprint density at radius 1 is 1.30 bits per heavy atom. The van der Waals surface area contributed by atoms with Crippen LogP contribution in [0.15, 0.2) is 30.6 Å². The number of amides is 1. The van der Waals surface area contributed by atoms with Crippen LogP contribution < -0.4 is 5.32 Å². The number of nitrogens with zero attached hydrogens (tertiary/aromatic N) is 3. The lowest BCUT2D eigenvalue weighted by atomic mass is 9.96. The van der Waals surface area contributed by atoms with E-state index < -0.39 is 11.6 Å². The van der Waals surface area contributed by atoms with Crippen molar-refractivity contribution in [3.8, 4) is 0 Å². The minimum atomic E-state index is -0.761. The van der Waals surface area contributed by atoms with Crippen LogP contribution in [0.3, 0.4) is 0 Å². The monoisotopic (exact) mass is 376 g/mol. The van der Waals surface area contributed by atoms with Crippen LogP contribution >= 0.6 is 0 Å². The molecule has 1 aromatic carbocycles. The summed E-state index contributed by atoms with van der Waals surface area (Å²) in [6.45, 7) is 7.11. The molecule has 0 aliphatic carbocycles. The Labute approximate surface area is 158 Å². The number of carbonyl (C=O) groups excluding carboxylic acids is 1. The highest BCUT2D eigenvalue weighted by Crippen LogP contribution is 2.22. The Morgan fingerprint density at radius 3 is 2.70 bits per heavy atom. The van der Waals surface area contributed by atoms with Crippen LogP contribution in [0.5, 0.6) is 0 Å². The summed E-state index contributed by atoms with van der Waals surface area (Å²) in [5, 5.41) is 2.52. The Balaban J connectivity index is 1.46. The fraction of sp³-hybridized carbons (Fsp3) is 0.500. The molecule has 3 rings (SSSR count). The van der Waals surface area contributed by atoms with Crippen molar-refractivity contribution in [3.63, 3.8) is 0 Å². The van der Waals surface area contributed by atoms with Gasteiger partial charge in [-0.15, -0.1) is 0 Å². The molecule has 1 fully saturated rings. The van der Waals surface area contributed by atoms with E-state index in [9.17, 15) is 13.6 Å². The van der Waals surface area contributed by atoms with Gasteiger partial charge in [0, 0.05) is 30.9 Å². The molecular weight excluding hydrogens is 350 g/mol. The minimum absolute atomic E-state index is 0.0117. The first kappa shape index (κ1) is 19.5. The first-order valence-corrected chi connectivity index (χ1v) is 9.40. The van der Waals surface area contributed by atoms with Gasteiger partial charge in [0.1, 0.15) is 17.5 Å². The van der Waals surface area contributed by atoms with E-state index in [2.05, 4.69) is 33.6 Å². The molecule has 0 saturated carbocycles. The summed E-state index contributed by atoms with van der Waals surface area (Å²) in [6, 6.07) is 3.14. The summed E-state index contributed by atoms with van der Waals surface area (Å²) in [5.41, 5.74) is 0.0117. The van der Waals surface area contributed by atoms with Crippen LogP contribution in [0.2, 0.25) is 0 Å². The highest BCUT2D eigenvalue weighted by atomic mass is 19.1. The molecule has 0 atom stereocenters. The number of benzene rings is 1. The summed E-state index contributed by atoms with van der Waals surface area (Å²) >= 11 is 0. The molecule has 1 N–H and O–H groups in total. The van der Waals surface area contributed by atoms with Gasteiger partial charge in [0.25, 0.3) is 0 Å². The fourth-order valence-corrected chi connectivity index (χ4v) is 3.56. The molecule has 27 heavy (non-hydrogen) atoms. The van der Waals surface area contributed by atoms with E-state index in [1.54, 1.807) is 0 Å². The van der Waals surface area contributed by atoms with Crippen molar-refractivity contribution in [2.45, 2.75) is 39.2 Å². The summed E-state index contributed by atoms with van der Waals surface area (Å²) in [6.07, 6.45) is 5.90. The molecule has 0 radical (unpaired) electrons. The molecule has 2 aromatic rings. The highest BCUT2D eigenvalue weighted by Gasteiger charge is 2.22. The lowest BCUT2D eigenvalue weighted by molar-refractivity contribution is -0.117. The Hall–Kier alpha value is -2.28. The molecular formula is C20H26F2N4O. The Morgan fingerprint density at radius 2 is 2.04 bits per heavy atom. The van der Waals surface area contributed by atoms with Crippen molar-refractivity contribution < 1.29 is 13.6 Å². The second-order valence-corrected chi connectivity index (χ2v) is 7.48. The minimum Gasteiger partial charge on any atom is -0.334 e. The zero-order chi connectivity index (χ0) is 19.4. The molecule has 1 aliphatic heterocycles. The van der Waals surface area contributed by atoms with Gasteiger partial charge in [0.2, 0.25) is 5.91 Å². The lowest BCUT2D eigenvalue weighted by Crippen LogP contribution is -2.40. The van der Waals surface area contributed by atoms with Gasteiger partial charge >= 0.3 is 0 Å². The Bertz CT molecular complexity index is 782. The predicted molar refractivity (Wildman–Crippen MR) is 100 cm³/mol. The number of rotatable bonds is 6. The predicted octanol–water partition coefficient (Wildman–Crippen LogP) is 3.64. The smallest absolute Gasteiger partial charge is 0.238 e. The van der Waals surface area contributed by atoms with Crippen molar-refractivity contribution in [2.24, 2.45) is 5.92 Å². The van der Waals surface area contributed by atoms with E-state index in [1.807, 2.05) is 12.4 Å². The average molecular weight is 376 g/mol. The SMILES string of the molecule is CC(C)c1nccn1CC1CCN(CC(=O)Nc2ccc(F)cc2F)CC1. The van der Waals surface area contributed by atoms with Gasteiger partial charge in [-0.2, -0.15) is 0 Å². The van der Waals surface area contributed by atoms with Crippen LogP contribution in [0.1, 0.15) is 38.4 Å². The number of aromatic nitrogens is 2. The van der Waals surface area contributed by atoms with Crippen LogP contribution in [0.25, 0.3) is 0 Å². The molecule has 5 nitrogen and oxygen atoms in total. The number of halogens is 2. The Kier molecular flexibility index (Phi) is 6.21. The van der Waals surface area contributed by atoms with Crippen molar-refractivity contribution in [1.82, 2.24) is 14.5 Å². The highest BCUT2D eigenvalue weighted by molar-refractivity contribution is 5.92. The molecule has 1 aromatic heterocycles. The zero-order valence-electron chi connectivity index (χ0n) is 15.8. The van der Waals surface area contributed by atoms with Crippen LogP contribution in [0.4, 0.5) is 14.5 Å². The van der Waals surface area contributed by atoms with Crippen LogP contribution in [-0.4, -0.2) is 40.0 Å². The van der Waals surface area contributed by atoms with Crippen molar-refractivity contribution in [3.05, 3.63) is 48.1 Å². The number of likely N-dealkylation sites (tertiary alicyclic amines) is 1. The van der Waals surface area contributed by atoms with Gasteiger partial charge < -0.3 is 9.88 Å². The normalized spacial score (nSPS) is 16.0. The second kappa shape index (κ2) is 8.61. The van der Waals surface area contributed by atoms with Crippen molar-refractivity contribution in [1.29, 1.82) is 0 Å². The van der Waals surface area contributed by atoms with Crippen molar-refractivity contribution in [2.75, 3.05) is 25.0 Å². The molecule has 0 bridgehead atoms. The third-order valence-electron chi connectivity index (χ3n) is 5.00. The second-order valence-electron chi connectivity index (χ2n) is 7.48. The standard InChI is InChI=1S/C20H26F2N4O/c1-14(2)20-23-7-10-26(20)12-15-5-8-25(9-6-15)13-19(27)24-18-4-3-16(21)11-17(18)22/h3-4,7,10-11,14-15H,5-6,8-9,12-13H2,1-2H3,(H,24,27). The van der Waals surface area contributed by atoms with Crippen LogP contribution in [-0.2, 0) is 11.3 Å². The molecule has 0 unspecified atom stereocenters. The van der Waals surface area contributed by atoms with Gasteiger partial charge in [-0.25, -0.2) is 13.8 Å². The third-order valence-corrected chi connectivity index (χ3v) is 5.00. The number of hydrogen-bond acceptors (Lipinski definition) is 3. The molecule has 7 heteroatoms. The number of piperidine rings is 1. The number of imidazole rings is 1. The van der Waals surface area contributed by atoms with Gasteiger partial charge in [0.15, 0.2) is 0 Å². The molecule has 1 saturated heterocycles. The van der Waals surface area contributed by atoms with Gasteiger partial charge in [-0.1, -0.05) is 13.8 Å². The van der Waals surface area contributed by atoms with Gasteiger partial charge in [0.05, 0.1) is 12.2 Å². The first-order valence-electron chi connectivity index (χ1n) is 9.40. The van der Waals surface area contributed by atoms with Gasteiger partial charge in [-0.3, -0.25) is 9.69 Å². The topological polar surface area (TPSA) is 50.2 Å². The maximum atomic E-state index is 13.6. The number of hydrogen-bond donors (Lipinski definition) is 1. The van der Waals surface area contributed by atoms with E-state index in [-0.39, 0.29) is 18.1 Å². The molecule has 1 aliphatic rings. The third kappa shape index (κ3) is 5.13. The summed E-state index contributed by atoms with van der Waals surface area (Å²) < 4.78 is 28.8. The van der Waals surface area contributed by atoms with E-state index >= 15 is 0 Å². The average Bonchev–Trinajstić information content (AvgIpc) is 3.07. The molecule has 0 spiro atoms. The number of nitrogens with one attached hydrogen (secondary N) is 1. The maximum absolute atomic E-state index is 13.6. The largest absolute Gasteiger partial charge is 0.334 e. The van der Waals surface area contributed by atoms with E-state index in [4.69, 9.17) is 0 Å². The van der Waals surface area contributed by atoms with E-state index in [1.165, 1.54) is 6.07 Å². The summed E-state index contributed by atoms with van der Waals surface area (Å²) in [5.74, 6) is 0.365.